The topological polar surface area (TPSA) is 71.1 Å². The summed E-state index contributed by atoms with van der Waals surface area (Å²) >= 11 is 0. The van der Waals surface area contributed by atoms with Gasteiger partial charge in [0.25, 0.3) is 0 Å². The summed E-state index contributed by atoms with van der Waals surface area (Å²) in [7, 11) is 0. The first-order valence-corrected chi connectivity index (χ1v) is 4.71. The van der Waals surface area contributed by atoms with Crippen LogP contribution in [-0.4, -0.2) is 22.8 Å². The fourth-order valence-corrected chi connectivity index (χ4v) is 1.46. The van der Waals surface area contributed by atoms with E-state index in [1.54, 1.807) is 12.4 Å². The summed E-state index contributed by atoms with van der Waals surface area (Å²) in [5, 5.41) is 5.25. The number of rotatable bonds is 3. The van der Waals surface area contributed by atoms with Gasteiger partial charge in [-0.3, -0.25) is 19.9 Å². The first-order chi connectivity index (χ1) is 7.25. The van der Waals surface area contributed by atoms with E-state index in [9.17, 15) is 9.59 Å². The van der Waals surface area contributed by atoms with Crippen molar-refractivity contribution >= 4 is 11.8 Å². The molecule has 15 heavy (non-hydrogen) atoms. The molecule has 1 aliphatic rings. The van der Waals surface area contributed by atoms with Crippen LogP contribution in [-0.2, 0) is 16.1 Å². The van der Waals surface area contributed by atoms with Crippen LogP contribution in [0.4, 0.5) is 0 Å². The lowest BCUT2D eigenvalue weighted by molar-refractivity contribution is -0.125. The fourth-order valence-electron chi connectivity index (χ4n) is 1.46. The molecule has 1 unspecified atom stereocenters. The van der Waals surface area contributed by atoms with E-state index in [1.807, 2.05) is 12.1 Å². The summed E-state index contributed by atoms with van der Waals surface area (Å²) in [5.41, 5.74) is 0.990. The Morgan fingerprint density at radius 3 is 3.00 bits per heavy atom. The molecule has 78 valence electrons. The second-order valence-corrected chi connectivity index (χ2v) is 3.41. The highest BCUT2D eigenvalue weighted by molar-refractivity contribution is 6.05. The Morgan fingerprint density at radius 2 is 2.40 bits per heavy atom. The van der Waals surface area contributed by atoms with Crippen molar-refractivity contribution in [2.24, 2.45) is 0 Å². The third-order valence-corrected chi connectivity index (χ3v) is 2.24. The molecule has 5 heteroatoms. The van der Waals surface area contributed by atoms with Crippen LogP contribution in [0.25, 0.3) is 0 Å². The molecule has 0 bridgehead atoms. The zero-order valence-corrected chi connectivity index (χ0v) is 8.06. The number of carbonyl (C=O) groups is 2. The van der Waals surface area contributed by atoms with Crippen LogP contribution in [0.1, 0.15) is 12.0 Å². The summed E-state index contributed by atoms with van der Waals surface area (Å²) in [6.45, 7) is 0.541. The van der Waals surface area contributed by atoms with Crippen LogP contribution in [0.5, 0.6) is 0 Å². The van der Waals surface area contributed by atoms with Gasteiger partial charge in [0.15, 0.2) is 0 Å². The molecule has 2 amide bonds. The molecule has 0 aliphatic carbocycles. The van der Waals surface area contributed by atoms with Crippen molar-refractivity contribution < 1.29 is 9.59 Å². The third kappa shape index (κ3) is 2.38. The highest BCUT2D eigenvalue weighted by atomic mass is 16.2. The van der Waals surface area contributed by atoms with E-state index in [2.05, 4.69) is 15.6 Å². The van der Waals surface area contributed by atoms with E-state index in [0.717, 1.165) is 5.56 Å². The van der Waals surface area contributed by atoms with Crippen molar-refractivity contribution in [1.29, 1.82) is 0 Å². The molecule has 1 saturated heterocycles. The number of carbonyl (C=O) groups excluding carboxylic acids is 2. The minimum Gasteiger partial charge on any atom is -0.301 e. The highest BCUT2D eigenvalue weighted by Gasteiger charge is 2.29. The van der Waals surface area contributed by atoms with Crippen molar-refractivity contribution in [2.75, 3.05) is 0 Å². The largest absolute Gasteiger partial charge is 0.301 e. The molecule has 2 N–H and O–H groups in total. The van der Waals surface area contributed by atoms with Gasteiger partial charge in [0.05, 0.1) is 12.5 Å². The smallest absolute Gasteiger partial charge is 0.244 e. The van der Waals surface area contributed by atoms with Gasteiger partial charge in [-0.25, -0.2) is 0 Å². The number of aromatic nitrogens is 1. The van der Waals surface area contributed by atoms with Crippen LogP contribution >= 0.6 is 0 Å². The maximum absolute atomic E-state index is 11.2. The van der Waals surface area contributed by atoms with Crippen LogP contribution < -0.4 is 10.6 Å². The zero-order valence-electron chi connectivity index (χ0n) is 8.06. The van der Waals surface area contributed by atoms with Gasteiger partial charge in [-0.05, 0) is 11.6 Å². The van der Waals surface area contributed by atoms with Crippen molar-refractivity contribution in [1.82, 2.24) is 15.6 Å². The standard InChI is InChI=1S/C10H11N3O2/c14-9-4-8(10(15)13-9)12-6-7-2-1-3-11-5-7/h1-3,5,8,12H,4,6H2,(H,13,14,15). The van der Waals surface area contributed by atoms with Crippen molar-refractivity contribution in [3.63, 3.8) is 0 Å². The maximum atomic E-state index is 11.2. The molecule has 5 nitrogen and oxygen atoms in total. The number of pyridine rings is 1. The number of nitrogens with zero attached hydrogens (tertiary/aromatic N) is 1. The van der Waals surface area contributed by atoms with Crippen molar-refractivity contribution in [3.05, 3.63) is 30.1 Å². The molecule has 2 heterocycles. The van der Waals surface area contributed by atoms with Crippen LogP contribution in [0, 0.1) is 0 Å². The SMILES string of the molecule is O=C1CC(NCc2cccnc2)C(=O)N1. The second-order valence-electron chi connectivity index (χ2n) is 3.41. The van der Waals surface area contributed by atoms with Crippen molar-refractivity contribution in [2.45, 2.75) is 19.0 Å². The Labute approximate surface area is 86.9 Å². The Kier molecular flexibility index (Phi) is 2.73. The molecule has 1 aliphatic heterocycles. The molecule has 1 fully saturated rings. The van der Waals surface area contributed by atoms with E-state index >= 15 is 0 Å². The van der Waals surface area contributed by atoms with Gasteiger partial charge >= 0.3 is 0 Å². The summed E-state index contributed by atoms with van der Waals surface area (Å²) < 4.78 is 0. The Morgan fingerprint density at radius 1 is 1.53 bits per heavy atom. The molecule has 1 aromatic rings. The molecular formula is C10H11N3O2. The van der Waals surface area contributed by atoms with Gasteiger partial charge in [0.1, 0.15) is 0 Å². The van der Waals surface area contributed by atoms with Gasteiger partial charge in [-0.2, -0.15) is 0 Å². The number of amides is 2. The van der Waals surface area contributed by atoms with E-state index < -0.39 is 6.04 Å². The molecule has 0 saturated carbocycles. The molecule has 2 rings (SSSR count). The van der Waals surface area contributed by atoms with Crippen LogP contribution in [0.2, 0.25) is 0 Å². The predicted octanol–water partition coefficient (Wildman–Crippen LogP) is -0.414. The molecule has 0 spiro atoms. The molecule has 0 aromatic carbocycles. The summed E-state index contributed by atoms with van der Waals surface area (Å²) in [4.78, 5) is 26.0. The van der Waals surface area contributed by atoms with E-state index in [1.165, 1.54) is 0 Å². The summed E-state index contributed by atoms with van der Waals surface area (Å²) in [5.74, 6) is -0.465. The highest BCUT2D eigenvalue weighted by Crippen LogP contribution is 2.03. The van der Waals surface area contributed by atoms with E-state index in [4.69, 9.17) is 0 Å². The lowest BCUT2D eigenvalue weighted by Gasteiger charge is -2.08. The Hall–Kier alpha value is -1.75. The van der Waals surface area contributed by atoms with E-state index in [0.29, 0.717) is 6.54 Å². The lowest BCUT2D eigenvalue weighted by Crippen LogP contribution is -2.35. The van der Waals surface area contributed by atoms with Crippen LogP contribution in [0.3, 0.4) is 0 Å². The first kappa shape index (κ1) is 9.79. The number of hydrogen-bond acceptors (Lipinski definition) is 4. The normalized spacial score (nSPS) is 20.4. The van der Waals surface area contributed by atoms with E-state index in [-0.39, 0.29) is 18.2 Å². The number of imide groups is 1. The summed E-state index contributed by atoms with van der Waals surface area (Å²) in [6, 6.07) is 3.34. The average Bonchev–Trinajstić information content (AvgIpc) is 2.56. The van der Waals surface area contributed by atoms with Gasteiger partial charge in [-0.15, -0.1) is 0 Å². The predicted molar refractivity (Wildman–Crippen MR) is 52.6 cm³/mol. The quantitative estimate of drug-likeness (QED) is 0.658. The summed E-state index contributed by atoms with van der Waals surface area (Å²) in [6.07, 6.45) is 3.63. The van der Waals surface area contributed by atoms with Crippen LogP contribution in [0.15, 0.2) is 24.5 Å². The monoisotopic (exact) mass is 205 g/mol. The number of nitrogens with one attached hydrogen (secondary N) is 2. The van der Waals surface area contributed by atoms with Crippen molar-refractivity contribution in [3.8, 4) is 0 Å². The minimum atomic E-state index is -0.405. The van der Waals surface area contributed by atoms with Gasteiger partial charge in [-0.1, -0.05) is 6.07 Å². The molecule has 1 aromatic heterocycles. The number of hydrogen-bond donors (Lipinski definition) is 2. The minimum absolute atomic E-state index is 0.219. The van der Waals surface area contributed by atoms with Gasteiger partial charge in [0.2, 0.25) is 11.8 Å². The second kappa shape index (κ2) is 4.18. The van der Waals surface area contributed by atoms with Gasteiger partial charge < -0.3 is 5.32 Å². The first-order valence-electron chi connectivity index (χ1n) is 4.71. The lowest BCUT2D eigenvalue weighted by atomic mass is 10.2. The molecule has 1 atom stereocenters. The zero-order chi connectivity index (χ0) is 10.7. The molecular weight excluding hydrogens is 194 g/mol. The molecule has 0 radical (unpaired) electrons. The average molecular weight is 205 g/mol. The Balaban J connectivity index is 1.89. The Bertz CT molecular complexity index is 378. The van der Waals surface area contributed by atoms with Gasteiger partial charge in [0, 0.05) is 18.9 Å². The fraction of sp³-hybridized carbons (Fsp3) is 0.300. The maximum Gasteiger partial charge on any atom is 0.244 e. The third-order valence-electron chi connectivity index (χ3n) is 2.24.